The number of carbonyl (C=O) groups is 1. The summed E-state index contributed by atoms with van der Waals surface area (Å²) >= 11 is 0. The average molecular weight is 207 g/mol. The maximum Gasteiger partial charge on any atom is 0.308 e. The van der Waals surface area contributed by atoms with Crippen molar-refractivity contribution in [1.82, 2.24) is 15.2 Å². The van der Waals surface area contributed by atoms with Gasteiger partial charge in [-0.15, -0.1) is 0 Å². The molecule has 2 heterocycles. The molecule has 0 aliphatic carbocycles. The molecule has 0 aromatic carbocycles. The number of carboxylic acids is 1. The van der Waals surface area contributed by atoms with Gasteiger partial charge in [0.05, 0.1) is 23.4 Å². The third kappa shape index (κ3) is 1.69. The Morgan fingerprint density at radius 3 is 2.80 bits per heavy atom. The lowest BCUT2D eigenvalue weighted by Gasteiger charge is -1.96. The number of aromatic nitrogens is 3. The Kier molecular flexibility index (Phi) is 2.17. The Hall–Kier alpha value is -2.24. The molecule has 15 heavy (non-hydrogen) atoms. The predicted molar refractivity (Wildman–Crippen MR) is 52.5 cm³/mol. The largest absolute Gasteiger partial charge is 0.481 e. The molecule has 0 saturated carbocycles. The van der Waals surface area contributed by atoms with Crippen LogP contribution in [0.3, 0.4) is 0 Å². The molecule has 0 radical (unpaired) electrons. The predicted octanol–water partition coefficient (Wildman–Crippen LogP) is 0.325. The highest BCUT2D eigenvalue weighted by molar-refractivity contribution is 5.73. The van der Waals surface area contributed by atoms with E-state index in [4.69, 9.17) is 5.11 Å². The summed E-state index contributed by atoms with van der Waals surface area (Å²) in [5.41, 5.74) is 1.00. The first-order valence-electron chi connectivity index (χ1n) is 4.33. The Bertz CT molecular complexity index is 521. The van der Waals surface area contributed by atoms with Crippen LogP contribution in [-0.2, 0) is 11.2 Å². The van der Waals surface area contributed by atoms with Gasteiger partial charge in [-0.3, -0.25) is 19.8 Å². The van der Waals surface area contributed by atoms with Crippen LogP contribution in [0.1, 0.15) is 5.56 Å². The molecule has 2 rings (SSSR count). The molecule has 78 valence electrons. The number of hydrogen-bond acceptors (Lipinski definition) is 2. The maximum atomic E-state index is 11.3. The van der Waals surface area contributed by atoms with Crippen LogP contribution in [0.15, 0.2) is 23.1 Å². The summed E-state index contributed by atoms with van der Waals surface area (Å²) in [7, 11) is 0. The molecule has 6 nitrogen and oxygen atoms in total. The van der Waals surface area contributed by atoms with E-state index in [2.05, 4.69) is 15.2 Å². The minimum atomic E-state index is -1.03. The van der Waals surface area contributed by atoms with Crippen LogP contribution < -0.4 is 5.56 Å². The number of hydrogen-bond donors (Lipinski definition) is 4. The molecule has 0 spiro atoms. The number of aliphatic carboxylic acids is 1. The van der Waals surface area contributed by atoms with Crippen molar-refractivity contribution in [3.63, 3.8) is 0 Å². The SMILES string of the molecule is O=C(O)Cc1c(-c2ccc[nH]2)[nH][nH]c1=O. The highest BCUT2D eigenvalue weighted by Gasteiger charge is 2.14. The zero-order valence-corrected chi connectivity index (χ0v) is 7.70. The molecule has 0 aliphatic rings. The first-order chi connectivity index (χ1) is 7.18. The van der Waals surface area contributed by atoms with Crippen LogP contribution in [0.25, 0.3) is 11.4 Å². The fraction of sp³-hybridized carbons (Fsp3) is 0.111. The van der Waals surface area contributed by atoms with Crippen LogP contribution in [0.4, 0.5) is 0 Å². The summed E-state index contributed by atoms with van der Waals surface area (Å²) in [4.78, 5) is 24.8. The lowest BCUT2D eigenvalue weighted by molar-refractivity contribution is -0.136. The van der Waals surface area contributed by atoms with E-state index in [1.807, 2.05) is 0 Å². The average Bonchev–Trinajstić information content (AvgIpc) is 2.76. The molecule has 0 amide bonds. The fourth-order valence-electron chi connectivity index (χ4n) is 1.42. The topological polar surface area (TPSA) is 102 Å². The molecule has 0 fully saturated rings. The summed E-state index contributed by atoms with van der Waals surface area (Å²) in [6.45, 7) is 0. The van der Waals surface area contributed by atoms with E-state index in [1.165, 1.54) is 0 Å². The quantitative estimate of drug-likeness (QED) is 0.583. The van der Waals surface area contributed by atoms with E-state index in [1.54, 1.807) is 18.3 Å². The summed E-state index contributed by atoms with van der Waals surface area (Å²) in [5.74, 6) is -1.03. The van der Waals surface area contributed by atoms with Gasteiger partial charge in [0.15, 0.2) is 0 Å². The van der Waals surface area contributed by atoms with Gasteiger partial charge in [0, 0.05) is 6.20 Å². The van der Waals surface area contributed by atoms with Gasteiger partial charge < -0.3 is 10.1 Å². The summed E-state index contributed by atoms with van der Waals surface area (Å²) in [5, 5.41) is 13.7. The maximum absolute atomic E-state index is 11.3. The Balaban J connectivity index is 2.49. The highest BCUT2D eigenvalue weighted by atomic mass is 16.4. The third-order valence-electron chi connectivity index (χ3n) is 2.07. The van der Waals surface area contributed by atoms with Gasteiger partial charge in [0.1, 0.15) is 0 Å². The van der Waals surface area contributed by atoms with E-state index in [0.717, 1.165) is 0 Å². The van der Waals surface area contributed by atoms with Crippen molar-refractivity contribution in [2.75, 3.05) is 0 Å². The van der Waals surface area contributed by atoms with Gasteiger partial charge in [-0.25, -0.2) is 0 Å². The summed E-state index contributed by atoms with van der Waals surface area (Å²) in [6.07, 6.45) is 1.40. The fourth-order valence-corrected chi connectivity index (χ4v) is 1.42. The number of carboxylic acid groups (broad SMARTS) is 1. The smallest absolute Gasteiger partial charge is 0.308 e. The van der Waals surface area contributed by atoms with Crippen molar-refractivity contribution in [1.29, 1.82) is 0 Å². The molecule has 0 aliphatic heterocycles. The molecule has 0 saturated heterocycles. The zero-order valence-electron chi connectivity index (χ0n) is 7.70. The van der Waals surface area contributed by atoms with E-state index in [9.17, 15) is 9.59 Å². The normalized spacial score (nSPS) is 10.4. The number of nitrogens with one attached hydrogen (secondary N) is 3. The molecule has 2 aromatic rings. The summed E-state index contributed by atoms with van der Waals surface area (Å²) in [6, 6.07) is 3.52. The molecule has 2 aromatic heterocycles. The van der Waals surface area contributed by atoms with Gasteiger partial charge in [-0.05, 0) is 12.1 Å². The lowest BCUT2D eigenvalue weighted by Crippen LogP contribution is -2.11. The zero-order chi connectivity index (χ0) is 10.8. The van der Waals surface area contributed by atoms with E-state index in [-0.39, 0.29) is 12.0 Å². The van der Waals surface area contributed by atoms with Crippen LogP contribution >= 0.6 is 0 Å². The van der Waals surface area contributed by atoms with Crippen molar-refractivity contribution in [3.05, 3.63) is 34.2 Å². The van der Waals surface area contributed by atoms with Crippen LogP contribution in [0.5, 0.6) is 0 Å². The molecule has 0 atom stereocenters. The third-order valence-corrected chi connectivity index (χ3v) is 2.07. The van der Waals surface area contributed by atoms with Gasteiger partial charge in [-0.1, -0.05) is 0 Å². The second-order valence-corrected chi connectivity index (χ2v) is 3.09. The van der Waals surface area contributed by atoms with E-state index < -0.39 is 11.5 Å². The second-order valence-electron chi connectivity index (χ2n) is 3.09. The molecule has 4 N–H and O–H groups in total. The van der Waals surface area contributed by atoms with Gasteiger partial charge in [0.25, 0.3) is 5.56 Å². The van der Waals surface area contributed by atoms with Crippen LogP contribution in [0, 0.1) is 0 Å². The second kappa shape index (κ2) is 3.49. The first kappa shape index (κ1) is 9.32. The standard InChI is InChI=1S/C9H9N3O3/c13-7(14)4-5-8(11-12-9(5)15)6-2-1-3-10-6/h1-3,10H,4H2,(H,13,14)(H2,11,12,15). The minimum Gasteiger partial charge on any atom is -0.481 e. The van der Waals surface area contributed by atoms with Crippen molar-refractivity contribution in [2.45, 2.75) is 6.42 Å². The minimum absolute atomic E-state index is 0.227. The van der Waals surface area contributed by atoms with Crippen molar-refractivity contribution >= 4 is 5.97 Å². The lowest BCUT2D eigenvalue weighted by atomic mass is 10.1. The molecular weight excluding hydrogens is 198 g/mol. The molecule has 0 bridgehead atoms. The van der Waals surface area contributed by atoms with E-state index in [0.29, 0.717) is 11.4 Å². The Labute approximate surface area is 83.9 Å². The van der Waals surface area contributed by atoms with Crippen molar-refractivity contribution in [3.8, 4) is 11.4 Å². The molecule has 6 heteroatoms. The molecular formula is C9H9N3O3. The highest BCUT2D eigenvalue weighted by Crippen LogP contribution is 2.16. The first-order valence-corrected chi connectivity index (χ1v) is 4.33. The van der Waals surface area contributed by atoms with Crippen molar-refractivity contribution < 1.29 is 9.90 Å². The monoisotopic (exact) mass is 207 g/mol. The van der Waals surface area contributed by atoms with Crippen molar-refractivity contribution in [2.24, 2.45) is 0 Å². The number of H-pyrrole nitrogens is 3. The van der Waals surface area contributed by atoms with Crippen LogP contribution in [-0.4, -0.2) is 26.3 Å². The number of aromatic amines is 3. The van der Waals surface area contributed by atoms with Gasteiger partial charge >= 0.3 is 5.97 Å². The van der Waals surface area contributed by atoms with Gasteiger partial charge in [0.2, 0.25) is 0 Å². The number of rotatable bonds is 3. The van der Waals surface area contributed by atoms with E-state index >= 15 is 0 Å². The molecule has 0 unspecified atom stereocenters. The Morgan fingerprint density at radius 2 is 2.20 bits per heavy atom. The van der Waals surface area contributed by atoms with Gasteiger partial charge in [-0.2, -0.15) is 0 Å². The summed E-state index contributed by atoms with van der Waals surface area (Å²) < 4.78 is 0. The Morgan fingerprint density at radius 1 is 1.40 bits per heavy atom. The van der Waals surface area contributed by atoms with Crippen LogP contribution in [0.2, 0.25) is 0 Å².